The summed E-state index contributed by atoms with van der Waals surface area (Å²) in [5.41, 5.74) is -7.22. The number of aliphatic hydroxyl groups is 2. The first-order chi connectivity index (χ1) is 18.3. The summed E-state index contributed by atoms with van der Waals surface area (Å²) in [6.45, 7) is 15.5. The zero-order valence-electron chi connectivity index (χ0n) is 25.9. The second-order valence-corrected chi connectivity index (χ2v) is 15.3. The van der Waals surface area contributed by atoms with Crippen LogP contribution in [0.25, 0.3) is 0 Å². The van der Waals surface area contributed by atoms with Crippen LogP contribution in [0.3, 0.4) is 0 Å². The first-order valence-corrected chi connectivity index (χ1v) is 14.4. The van der Waals surface area contributed by atoms with Crippen LogP contribution in [0.5, 0.6) is 0 Å². The summed E-state index contributed by atoms with van der Waals surface area (Å²) in [7, 11) is 0. The van der Waals surface area contributed by atoms with Crippen molar-refractivity contribution in [3.8, 4) is 0 Å². The van der Waals surface area contributed by atoms with Crippen LogP contribution in [0.2, 0.25) is 0 Å². The van der Waals surface area contributed by atoms with Crippen LogP contribution < -0.4 is 0 Å². The first kappa shape index (κ1) is 34.0. The average Bonchev–Trinajstić information content (AvgIpc) is 2.77. The van der Waals surface area contributed by atoms with Crippen LogP contribution in [-0.4, -0.2) is 70.4 Å². The number of hydrogen-bond acceptors (Lipinski definition) is 7. The molecule has 4 bridgehead atoms. The molecular weight excluding hydrogens is 541 g/mol. The Balaban J connectivity index is 1.98. The second kappa shape index (κ2) is 10.6. The maximum absolute atomic E-state index is 13.5. The molecule has 7 nitrogen and oxygen atoms in total. The third kappa shape index (κ3) is 6.86. The fourth-order valence-corrected chi connectivity index (χ4v) is 7.98. The molecule has 5 atom stereocenters. The minimum Gasteiger partial charge on any atom is -0.454 e. The van der Waals surface area contributed by atoms with E-state index in [0.717, 1.165) is 19.3 Å². The second-order valence-electron chi connectivity index (χ2n) is 15.3. The highest BCUT2D eigenvalue weighted by atomic mass is 19.4. The van der Waals surface area contributed by atoms with Crippen molar-refractivity contribution in [3.63, 3.8) is 0 Å². The van der Waals surface area contributed by atoms with E-state index in [0.29, 0.717) is 26.2 Å². The summed E-state index contributed by atoms with van der Waals surface area (Å²) in [5, 5.41) is 20.6. The van der Waals surface area contributed by atoms with Crippen molar-refractivity contribution in [2.24, 2.45) is 22.2 Å². The molecule has 4 saturated carbocycles. The first-order valence-electron chi connectivity index (χ1n) is 14.4. The lowest BCUT2D eigenvalue weighted by Gasteiger charge is -2.72. The van der Waals surface area contributed by atoms with Crippen LogP contribution in [0, 0.1) is 22.2 Å². The minimum atomic E-state index is -4.85. The summed E-state index contributed by atoms with van der Waals surface area (Å²) in [6, 6.07) is 0. The Labute approximate surface area is 242 Å². The van der Waals surface area contributed by atoms with Gasteiger partial charge in [0.2, 0.25) is 0 Å². The zero-order valence-corrected chi connectivity index (χ0v) is 25.9. The van der Waals surface area contributed by atoms with Crippen molar-refractivity contribution < 1.29 is 47.2 Å². The standard InChI is InChI=1S/C31H49F3O7/c1-20(2)23(36)39-14-22(35)13-28-10-21-11-29(15-28,25(5,6)40-18-24(3,4)37)17-30(12-21,16-28)26(7,8)41-19-27(9,38)31(32,33)34/h21,37-38H,1,10-19H2,2-9H3. The van der Waals surface area contributed by atoms with Gasteiger partial charge < -0.3 is 24.4 Å². The molecule has 0 aromatic carbocycles. The van der Waals surface area contributed by atoms with E-state index in [9.17, 15) is 33.0 Å². The molecule has 10 heteroatoms. The molecule has 0 aliphatic heterocycles. The Bertz CT molecular complexity index is 1040. The van der Waals surface area contributed by atoms with Gasteiger partial charge >= 0.3 is 12.1 Å². The molecule has 5 unspecified atom stereocenters. The number of halogens is 3. The monoisotopic (exact) mass is 590 g/mol. The molecule has 236 valence electrons. The summed E-state index contributed by atoms with van der Waals surface area (Å²) >= 11 is 0. The van der Waals surface area contributed by atoms with Crippen molar-refractivity contribution in [1.82, 2.24) is 0 Å². The molecule has 41 heavy (non-hydrogen) atoms. The molecule has 0 amide bonds. The Kier molecular flexibility index (Phi) is 8.79. The van der Waals surface area contributed by atoms with Gasteiger partial charge in [-0.2, -0.15) is 13.2 Å². The van der Waals surface area contributed by atoms with Gasteiger partial charge in [0, 0.05) is 22.8 Å². The van der Waals surface area contributed by atoms with E-state index in [1.165, 1.54) is 6.92 Å². The number of hydrogen-bond donors (Lipinski definition) is 2. The number of rotatable bonds is 13. The number of ether oxygens (including phenoxy) is 3. The molecule has 0 spiro atoms. The fraction of sp³-hybridized carbons (Fsp3) is 0.871. The number of carbonyl (C=O) groups excluding carboxylic acids is 2. The number of ketones is 1. The lowest BCUT2D eigenvalue weighted by molar-refractivity contribution is -0.307. The quantitative estimate of drug-likeness (QED) is 0.210. The third-order valence-electron chi connectivity index (χ3n) is 10.1. The lowest BCUT2D eigenvalue weighted by atomic mass is 9.34. The molecule has 0 heterocycles. The molecule has 2 N–H and O–H groups in total. The molecule has 4 fully saturated rings. The van der Waals surface area contributed by atoms with E-state index in [-0.39, 0.29) is 36.9 Å². The van der Waals surface area contributed by atoms with Crippen LogP contribution in [0.1, 0.15) is 100 Å². The molecule has 0 aromatic heterocycles. The Morgan fingerprint density at radius 3 is 1.78 bits per heavy atom. The molecule has 4 aliphatic rings. The van der Waals surface area contributed by atoms with Gasteiger partial charge in [-0.1, -0.05) is 6.58 Å². The summed E-state index contributed by atoms with van der Waals surface area (Å²) in [5.74, 6) is -0.682. The third-order valence-corrected chi connectivity index (χ3v) is 10.1. The van der Waals surface area contributed by atoms with Gasteiger partial charge in [-0.3, -0.25) is 4.79 Å². The number of Topliss-reactive ketones (excluding diaryl/α,β-unsaturated/α-hetero) is 1. The highest BCUT2D eigenvalue weighted by Gasteiger charge is 2.70. The van der Waals surface area contributed by atoms with Crippen molar-refractivity contribution >= 4 is 11.8 Å². The molecule has 0 aromatic rings. The highest BCUT2D eigenvalue weighted by molar-refractivity contribution is 5.90. The topological polar surface area (TPSA) is 102 Å². The predicted octanol–water partition coefficient (Wildman–Crippen LogP) is 5.70. The van der Waals surface area contributed by atoms with E-state index in [1.807, 2.05) is 13.8 Å². The van der Waals surface area contributed by atoms with Gasteiger partial charge in [0.25, 0.3) is 0 Å². The van der Waals surface area contributed by atoms with Gasteiger partial charge in [-0.25, -0.2) is 4.79 Å². The van der Waals surface area contributed by atoms with E-state index in [4.69, 9.17) is 14.2 Å². The van der Waals surface area contributed by atoms with Crippen molar-refractivity contribution in [3.05, 3.63) is 12.2 Å². The van der Waals surface area contributed by atoms with Crippen molar-refractivity contribution in [2.75, 3.05) is 19.8 Å². The van der Waals surface area contributed by atoms with Gasteiger partial charge in [0.1, 0.15) is 6.61 Å². The van der Waals surface area contributed by atoms with Crippen LogP contribution in [0.4, 0.5) is 13.2 Å². The Hall–Kier alpha value is -1.49. The van der Waals surface area contributed by atoms with E-state index in [1.54, 1.807) is 27.7 Å². The Morgan fingerprint density at radius 1 is 0.854 bits per heavy atom. The van der Waals surface area contributed by atoms with Gasteiger partial charge in [0.05, 0.1) is 30.0 Å². The number of esters is 1. The molecular formula is C31H49F3O7. The largest absolute Gasteiger partial charge is 0.454 e. The van der Waals surface area contributed by atoms with Gasteiger partial charge in [-0.15, -0.1) is 0 Å². The van der Waals surface area contributed by atoms with Gasteiger partial charge in [-0.05, 0) is 105 Å². The van der Waals surface area contributed by atoms with Crippen LogP contribution in [0.15, 0.2) is 12.2 Å². The van der Waals surface area contributed by atoms with Crippen molar-refractivity contribution in [2.45, 2.75) is 129 Å². The lowest BCUT2D eigenvalue weighted by Crippen LogP contribution is -2.68. The van der Waals surface area contributed by atoms with E-state index < -0.39 is 57.4 Å². The normalized spacial score (nSPS) is 31.6. The van der Waals surface area contributed by atoms with E-state index in [2.05, 4.69) is 6.58 Å². The molecule has 4 rings (SSSR count). The molecule has 0 saturated heterocycles. The smallest absolute Gasteiger partial charge is 0.419 e. The van der Waals surface area contributed by atoms with E-state index >= 15 is 0 Å². The molecule has 0 radical (unpaired) electrons. The zero-order chi connectivity index (χ0) is 31.5. The summed E-state index contributed by atoms with van der Waals surface area (Å²) in [6.07, 6.45) is -0.551. The minimum absolute atomic E-state index is 0.0938. The maximum atomic E-state index is 13.5. The van der Waals surface area contributed by atoms with Crippen molar-refractivity contribution in [1.29, 1.82) is 0 Å². The average molecular weight is 591 g/mol. The summed E-state index contributed by atoms with van der Waals surface area (Å²) < 4.78 is 58.1. The maximum Gasteiger partial charge on any atom is 0.419 e. The fourth-order valence-electron chi connectivity index (χ4n) is 7.98. The van der Waals surface area contributed by atoms with Crippen LogP contribution >= 0.6 is 0 Å². The molecule has 4 aliphatic carbocycles. The Morgan fingerprint density at radius 2 is 1.34 bits per heavy atom. The SMILES string of the molecule is C=C(C)C(=O)OCC(=O)CC12CC3CC(C(C)(C)OCC(C)(C)O)(C1)CC(C(C)(C)OCC(C)(O)C(F)(F)F)(C3)C2. The van der Waals surface area contributed by atoms with Gasteiger partial charge in [0.15, 0.2) is 11.4 Å². The summed E-state index contributed by atoms with van der Waals surface area (Å²) in [4.78, 5) is 25.2. The van der Waals surface area contributed by atoms with Crippen LogP contribution in [-0.2, 0) is 23.8 Å². The predicted molar refractivity (Wildman–Crippen MR) is 147 cm³/mol. The number of alkyl halides is 3. The number of carbonyl (C=O) groups is 2. The highest BCUT2D eigenvalue weighted by Crippen LogP contribution is 2.76.